The first-order valence-corrected chi connectivity index (χ1v) is 9.29. The van der Waals surface area contributed by atoms with E-state index in [1.807, 2.05) is 6.08 Å². The number of hydrogen-bond acceptors (Lipinski definition) is 3. The number of allylic oxidation sites excluding steroid dienone is 1. The van der Waals surface area contributed by atoms with Crippen LogP contribution < -0.4 is 5.32 Å². The summed E-state index contributed by atoms with van der Waals surface area (Å²) in [6, 6.07) is -1.11. The molecular weight excluding hydrogens is 316 g/mol. The highest BCUT2D eigenvalue weighted by Crippen LogP contribution is 2.19. The van der Waals surface area contributed by atoms with Crippen molar-refractivity contribution in [2.24, 2.45) is 5.92 Å². The number of nitrogens with one attached hydrogen (secondary N) is 1. The highest BCUT2D eigenvalue weighted by molar-refractivity contribution is 5.92. The van der Waals surface area contributed by atoms with E-state index < -0.39 is 12.1 Å². The summed E-state index contributed by atoms with van der Waals surface area (Å²) < 4.78 is 0. The Morgan fingerprint density at radius 1 is 1.28 bits per heavy atom. The SMILES string of the molecule is C=CC(C=CCCCCC)C(NC(=O)C1CCCN1C(C)=O)C(C)=O. The van der Waals surface area contributed by atoms with Crippen molar-refractivity contribution < 1.29 is 14.4 Å². The third kappa shape index (κ3) is 6.48. The highest BCUT2D eigenvalue weighted by Gasteiger charge is 2.34. The average molecular weight is 348 g/mol. The standard InChI is InChI=1S/C20H32N2O3/c1-5-7-8-9-10-12-17(6-2)19(15(3)23)21-20(25)18-13-11-14-22(18)16(4)24/h6,10,12,17-19H,2,5,7-9,11,13-14H2,1,3-4H3,(H,21,25). The molecule has 0 radical (unpaired) electrons. The van der Waals surface area contributed by atoms with Crippen LogP contribution >= 0.6 is 0 Å². The van der Waals surface area contributed by atoms with Crippen molar-refractivity contribution in [3.05, 3.63) is 24.8 Å². The first-order chi connectivity index (χ1) is 11.9. The molecule has 5 nitrogen and oxygen atoms in total. The Balaban J connectivity index is 2.74. The minimum absolute atomic E-state index is 0.104. The molecule has 0 aromatic rings. The highest BCUT2D eigenvalue weighted by atomic mass is 16.2. The number of amides is 2. The predicted molar refractivity (Wildman–Crippen MR) is 100.0 cm³/mol. The average Bonchev–Trinajstić information content (AvgIpc) is 3.06. The Bertz CT molecular complexity index is 513. The molecule has 1 fully saturated rings. The van der Waals surface area contributed by atoms with Gasteiger partial charge in [0.1, 0.15) is 6.04 Å². The third-order valence-corrected chi connectivity index (χ3v) is 4.69. The number of hydrogen-bond donors (Lipinski definition) is 1. The van der Waals surface area contributed by atoms with Crippen molar-refractivity contribution in [2.75, 3.05) is 6.54 Å². The summed E-state index contributed by atoms with van der Waals surface area (Å²) in [6.07, 6.45) is 11.6. The van der Waals surface area contributed by atoms with Gasteiger partial charge in [0, 0.05) is 19.4 Å². The summed E-state index contributed by atoms with van der Waals surface area (Å²) in [6.45, 7) is 9.51. The Morgan fingerprint density at radius 2 is 2.00 bits per heavy atom. The molecule has 1 saturated heterocycles. The van der Waals surface area contributed by atoms with Crippen LogP contribution in [0.25, 0.3) is 0 Å². The molecule has 0 bridgehead atoms. The molecule has 0 aromatic carbocycles. The monoisotopic (exact) mass is 348 g/mol. The van der Waals surface area contributed by atoms with E-state index in [0.29, 0.717) is 13.0 Å². The van der Waals surface area contributed by atoms with Gasteiger partial charge in [0.25, 0.3) is 0 Å². The zero-order chi connectivity index (χ0) is 18.8. The largest absolute Gasteiger partial charge is 0.344 e. The molecule has 1 rings (SSSR count). The van der Waals surface area contributed by atoms with Crippen LogP contribution in [-0.4, -0.2) is 41.1 Å². The van der Waals surface area contributed by atoms with E-state index in [-0.39, 0.29) is 23.5 Å². The maximum atomic E-state index is 12.6. The fourth-order valence-corrected chi connectivity index (χ4v) is 3.23. The van der Waals surface area contributed by atoms with Crippen LogP contribution in [0.15, 0.2) is 24.8 Å². The zero-order valence-corrected chi connectivity index (χ0v) is 15.8. The van der Waals surface area contributed by atoms with Gasteiger partial charge in [0.2, 0.25) is 11.8 Å². The van der Waals surface area contributed by atoms with E-state index in [1.165, 1.54) is 26.7 Å². The first-order valence-electron chi connectivity index (χ1n) is 9.29. The van der Waals surface area contributed by atoms with E-state index in [4.69, 9.17) is 0 Å². The number of nitrogens with zero attached hydrogens (tertiary/aromatic N) is 1. The molecule has 2 amide bonds. The first kappa shape index (κ1) is 21.1. The van der Waals surface area contributed by atoms with Crippen molar-refractivity contribution >= 4 is 17.6 Å². The van der Waals surface area contributed by atoms with Crippen molar-refractivity contribution in [3.8, 4) is 0 Å². The number of carbonyl (C=O) groups is 3. The van der Waals surface area contributed by atoms with Crippen LogP contribution in [0.3, 0.4) is 0 Å². The van der Waals surface area contributed by atoms with Gasteiger partial charge in [-0.05, 0) is 32.6 Å². The maximum Gasteiger partial charge on any atom is 0.243 e. The molecule has 0 saturated carbocycles. The molecule has 1 aliphatic heterocycles. The lowest BCUT2D eigenvalue weighted by Crippen LogP contribution is -2.52. The number of carbonyl (C=O) groups excluding carboxylic acids is 3. The van der Waals surface area contributed by atoms with Crippen LogP contribution in [0, 0.1) is 5.92 Å². The van der Waals surface area contributed by atoms with Gasteiger partial charge in [-0.3, -0.25) is 14.4 Å². The molecule has 1 N–H and O–H groups in total. The molecular formula is C20H32N2O3. The molecule has 3 unspecified atom stereocenters. The third-order valence-electron chi connectivity index (χ3n) is 4.69. The van der Waals surface area contributed by atoms with Crippen molar-refractivity contribution in [1.29, 1.82) is 0 Å². The van der Waals surface area contributed by atoms with E-state index >= 15 is 0 Å². The Labute approximate surface area is 151 Å². The Hall–Kier alpha value is -1.91. The fraction of sp³-hybridized carbons (Fsp3) is 0.650. The molecule has 1 heterocycles. The summed E-state index contributed by atoms with van der Waals surface area (Å²) >= 11 is 0. The summed E-state index contributed by atoms with van der Waals surface area (Å²) in [4.78, 5) is 37.9. The molecule has 5 heteroatoms. The lowest BCUT2D eigenvalue weighted by atomic mass is 9.95. The molecule has 140 valence electrons. The zero-order valence-electron chi connectivity index (χ0n) is 15.8. The van der Waals surface area contributed by atoms with Gasteiger partial charge in [-0.25, -0.2) is 0 Å². The van der Waals surface area contributed by atoms with Gasteiger partial charge in [-0.15, -0.1) is 6.58 Å². The lowest BCUT2D eigenvalue weighted by Gasteiger charge is -2.27. The normalized spacial score (nSPS) is 19.6. The van der Waals surface area contributed by atoms with Gasteiger partial charge >= 0.3 is 0 Å². The second kappa shape index (κ2) is 10.9. The van der Waals surface area contributed by atoms with Crippen molar-refractivity contribution in [3.63, 3.8) is 0 Å². The van der Waals surface area contributed by atoms with Gasteiger partial charge in [-0.1, -0.05) is 38.0 Å². The van der Waals surface area contributed by atoms with Crippen molar-refractivity contribution in [1.82, 2.24) is 10.2 Å². The van der Waals surface area contributed by atoms with Crippen LogP contribution in [0.1, 0.15) is 59.3 Å². The lowest BCUT2D eigenvalue weighted by molar-refractivity contribution is -0.138. The van der Waals surface area contributed by atoms with Gasteiger partial charge in [0.15, 0.2) is 5.78 Å². The Kier molecular flexibility index (Phi) is 9.17. The van der Waals surface area contributed by atoms with Gasteiger partial charge < -0.3 is 10.2 Å². The van der Waals surface area contributed by atoms with Crippen LogP contribution in [0.4, 0.5) is 0 Å². The maximum absolute atomic E-state index is 12.6. The summed E-state index contributed by atoms with van der Waals surface area (Å²) in [7, 11) is 0. The van der Waals surface area contributed by atoms with Gasteiger partial charge in [0.05, 0.1) is 6.04 Å². The minimum atomic E-state index is -0.637. The molecule has 3 atom stereocenters. The number of unbranched alkanes of at least 4 members (excludes halogenated alkanes) is 3. The quantitative estimate of drug-likeness (QED) is 0.487. The topological polar surface area (TPSA) is 66.5 Å². The molecule has 25 heavy (non-hydrogen) atoms. The summed E-state index contributed by atoms with van der Waals surface area (Å²) in [5.41, 5.74) is 0. The predicted octanol–water partition coefficient (Wildman–Crippen LogP) is 3.01. The van der Waals surface area contributed by atoms with E-state index in [2.05, 4.69) is 24.9 Å². The summed E-state index contributed by atoms with van der Waals surface area (Å²) in [5.74, 6) is -0.702. The molecule has 0 spiro atoms. The number of Topliss-reactive ketones (excluding diaryl/α,β-unsaturated/α-hetero) is 1. The van der Waals surface area contributed by atoms with Crippen LogP contribution in [-0.2, 0) is 14.4 Å². The van der Waals surface area contributed by atoms with Crippen LogP contribution in [0.2, 0.25) is 0 Å². The number of likely N-dealkylation sites (tertiary alicyclic amines) is 1. The van der Waals surface area contributed by atoms with Crippen molar-refractivity contribution in [2.45, 2.75) is 71.4 Å². The summed E-state index contributed by atoms with van der Waals surface area (Å²) in [5, 5.41) is 2.84. The van der Waals surface area contributed by atoms with E-state index in [1.54, 1.807) is 11.0 Å². The number of ketones is 1. The van der Waals surface area contributed by atoms with E-state index in [0.717, 1.165) is 19.3 Å². The molecule has 0 aliphatic carbocycles. The minimum Gasteiger partial charge on any atom is -0.344 e. The van der Waals surface area contributed by atoms with E-state index in [9.17, 15) is 14.4 Å². The Morgan fingerprint density at radius 3 is 2.56 bits per heavy atom. The number of rotatable bonds is 10. The molecule has 1 aliphatic rings. The van der Waals surface area contributed by atoms with Crippen LogP contribution in [0.5, 0.6) is 0 Å². The fourth-order valence-electron chi connectivity index (χ4n) is 3.23. The second-order valence-electron chi connectivity index (χ2n) is 6.70. The van der Waals surface area contributed by atoms with Gasteiger partial charge in [-0.2, -0.15) is 0 Å². The second-order valence-corrected chi connectivity index (χ2v) is 6.70. The smallest absolute Gasteiger partial charge is 0.243 e. The molecule has 0 aromatic heterocycles.